The number of methoxy groups -OCH3 is 1. The molecule has 6 heteroatoms. The molecule has 26 heavy (non-hydrogen) atoms. The lowest BCUT2D eigenvalue weighted by molar-refractivity contribution is -0.116. The van der Waals surface area contributed by atoms with Crippen LogP contribution in [0.4, 0.5) is 5.69 Å². The smallest absolute Gasteiger partial charge is 0.339 e. The molecule has 0 saturated carbocycles. The Hall–Kier alpha value is -2.60. The van der Waals surface area contributed by atoms with E-state index in [1.165, 1.54) is 0 Å². The molecule has 0 fully saturated rings. The van der Waals surface area contributed by atoms with Gasteiger partial charge in [-0.15, -0.1) is 0 Å². The fraction of sp³-hybridized carbons (Fsp3) is 0.200. The van der Waals surface area contributed by atoms with Crippen molar-refractivity contribution in [1.29, 1.82) is 0 Å². The summed E-state index contributed by atoms with van der Waals surface area (Å²) in [7, 11) is 1.56. The van der Waals surface area contributed by atoms with E-state index in [1.807, 2.05) is 43.3 Å². The van der Waals surface area contributed by atoms with Crippen molar-refractivity contribution < 1.29 is 13.9 Å². The van der Waals surface area contributed by atoms with Crippen LogP contribution in [0.25, 0.3) is 11.0 Å². The number of aryl methyl sites for hydroxylation is 1. The topological polar surface area (TPSA) is 68.5 Å². The molecule has 1 aromatic heterocycles. The van der Waals surface area contributed by atoms with Crippen LogP contribution >= 0.6 is 15.9 Å². The molecule has 0 bridgehead atoms. The van der Waals surface area contributed by atoms with Gasteiger partial charge in [0.25, 0.3) is 0 Å². The van der Waals surface area contributed by atoms with Gasteiger partial charge in [-0.25, -0.2) is 4.79 Å². The number of hydrogen-bond acceptors (Lipinski definition) is 4. The van der Waals surface area contributed by atoms with Crippen molar-refractivity contribution in [3.63, 3.8) is 0 Å². The Bertz CT molecular complexity index is 1010. The molecule has 0 unspecified atom stereocenters. The number of fused-ring (bicyclic) bond motifs is 1. The zero-order valence-electron chi connectivity index (χ0n) is 14.5. The second-order valence-electron chi connectivity index (χ2n) is 5.91. The van der Waals surface area contributed by atoms with Crippen LogP contribution in [-0.2, 0) is 11.2 Å². The zero-order chi connectivity index (χ0) is 18.7. The maximum Gasteiger partial charge on any atom is 0.339 e. The molecule has 0 radical (unpaired) electrons. The Kier molecular flexibility index (Phi) is 5.42. The Labute approximate surface area is 159 Å². The number of benzene rings is 2. The first kappa shape index (κ1) is 18.2. The third kappa shape index (κ3) is 3.96. The van der Waals surface area contributed by atoms with Crippen molar-refractivity contribution in [3.8, 4) is 5.75 Å². The van der Waals surface area contributed by atoms with Crippen LogP contribution in [0, 0.1) is 6.92 Å². The minimum absolute atomic E-state index is 0.152. The minimum Gasteiger partial charge on any atom is -0.497 e. The molecule has 1 heterocycles. The number of halogens is 1. The fourth-order valence-corrected chi connectivity index (χ4v) is 3.05. The number of ether oxygens (including phenoxy) is 1. The van der Waals surface area contributed by atoms with E-state index < -0.39 is 5.63 Å². The van der Waals surface area contributed by atoms with Crippen molar-refractivity contribution in [1.82, 2.24) is 0 Å². The second-order valence-corrected chi connectivity index (χ2v) is 6.83. The third-order valence-electron chi connectivity index (χ3n) is 4.22. The van der Waals surface area contributed by atoms with Crippen molar-refractivity contribution >= 4 is 38.5 Å². The average molecular weight is 416 g/mol. The van der Waals surface area contributed by atoms with Crippen molar-refractivity contribution in [2.75, 3.05) is 12.4 Å². The molecule has 134 valence electrons. The monoisotopic (exact) mass is 415 g/mol. The highest BCUT2D eigenvalue weighted by Gasteiger charge is 2.13. The molecule has 0 spiro atoms. The summed E-state index contributed by atoms with van der Waals surface area (Å²) < 4.78 is 11.5. The van der Waals surface area contributed by atoms with Gasteiger partial charge < -0.3 is 14.5 Å². The Morgan fingerprint density at radius 2 is 1.92 bits per heavy atom. The first-order valence-electron chi connectivity index (χ1n) is 8.13. The van der Waals surface area contributed by atoms with E-state index in [4.69, 9.17) is 9.15 Å². The maximum absolute atomic E-state index is 12.3. The lowest BCUT2D eigenvalue weighted by Crippen LogP contribution is -2.16. The highest BCUT2D eigenvalue weighted by molar-refractivity contribution is 9.10. The lowest BCUT2D eigenvalue weighted by atomic mass is 10.0. The number of carbonyl (C=O) groups excluding carboxylic acids is 1. The summed E-state index contributed by atoms with van der Waals surface area (Å²) in [4.78, 5) is 24.5. The standard InChI is InChI=1S/C20H18BrNO4/c1-12-16-8-7-15(25-2)11-18(16)26-20(24)17(12)9-10-19(23)22-14-5-3-13(21)4-6-14/h3-8,11H,9-10H2,1-2H3,(H,22,23). The zero-order valence-corrected chi connectivity index (χ0v) is 16.1. The molecule has 2 aromatic carbocycles. The normalized spacial score (nSPS) is 10.7. The van der Waals surface area contributed by atoms with Gasteiger partial charge in [0.15, 0.2) is 0 Å². The average Bonchev–Trinajstić information content (AvgIpc) is 2.63. The Morgan fingerprint density at radius 3 is 2.62 bits per heavy atom. The number of carbonyl (C=O) groups is 1. The lowest BCUT2D eigenvalue weighted by Gasteiger charge is -2.09. The maximum atomic E-state index is 12.3. The van der Waals surface area contributed by atoms with E-state index in [-0.39, 0.29) is 12.3 Å². The number of anilines is 1. The van der Waals surface area contributed by atoms with Gasteiger partial charge in [0, 0.05) is 33.6 Å². The summed E-state index contributed by atoms with van der Waals surface area (Å²) in [5.41, 5.74) is 2.13. The molecule has 0 saturated heterocycles. The summed E-state index contributed by atoms with van der Waals surface area (Å²) in [6.45, 7) is 1.87. The van der Waals surface area contributed by atoms with Gasteiger partial charge in [-0.2, -0.15) is 0 Å². The van der Waals surface area contributed by atoms with E-state index in [0.29, 0.717) is 29.0 Å². The van der Waals surface area contributed by atoms with Gasteiger partial charge in [-0.05, 0) is 55.3 Å². The number of rotatable bonds is 5. The fourth-order valence-electron chi connectivity index (χ4n) is 2.79. The second kappa shape index (κ2) is 7.74. The largest absolute Gasteiger partial charge is 0.497 e. The summed E-state index contributed by atoms with van der Waals surface area (Å²) in [5.74, 6) is 0.475. The van der Waals surface area contributed by atoms with Gasteiger partial charge in [0.2, 0.25) is 5.91 Å². The van der Waals surface area contributed by atoms with Gasteiger partial charge >= 0.3 is 5.63 Å². The van der Waals surface area contributed by atoms with E-state index in [0.717, 1.165) is 15.4 Å². The highest BCUT2D eigenvalue weighted by Crippen LogP contribution is 2.24. The molecule has 0 atom stereocenters. The molecule has 0 aliphatic carbocycles. The quantitative estimate of drug-likeness (QED) is 0.625. The van der Waals surface area contributed by atoms with Crippen LogP contribution in [0.1, 0.15) is 17.5 Å². The van der Waals surface area contributed by atoms with Crippen LogP contribution in [0.15, 0.2) is 56.1 Å². The number of hydrogen-bond donors (Lipinski definition) is 1. The van der Waals surface area contributed by atoms with Crippen LogP contribution in [0.5, 0.6) is 5.75 Å². The minimum atomic E-state index is -0.417. The molecule has 0 aliphatic heterocycles. The predicted octanol–water partition coefficient (Wildman–Crippen LogP) is 4.44. The van der Waals surface area contributed by atoms with E-state index in [1.54, 1.807) is 13.2 Å². The molecule has 3 aromatic rings. The molecule has 0 aliphatic rings. The van der Waals surface area contributed by atoms with Crippen molar-refractivity contribution in [2.24, 2.45) is 0 Å². The first-order chi connectivity index (χ1) is 12.5. The number of nitrogens with one attached hydrogen (secondary N) is 1. The van der Waals surface area contributed by atoms with Gasteiger partial charge in [0.05, 0.1) is 7.11 Å². The van der Waals surface area contributed by atoms with E-state index >= 15 is 0 Å². The Morgan fingerprint density at radius 1 is 1.19 bits per heavy atom. The van der Waals surface area contributed by atoms with Gasteiger partial charge in [0.1, 0.15) is 11.3 Å². The van der Waals surface area contributed by atoms with Crippen LogP contribution in [0.2, 0.25) is 0 Å². The summed E-state index contributed by atoms with van der Waals surface area (Å²) >= 11 is 3.35. The first-order valence-corrected chi connectivity index (χ1v) is 8.93. The van der Waals surface area contributed by atoms with Crippen LogP contribution in [0.3, 0.4) is 0 Å². The summed E-state index contributed by atoms with van der Waals surface area (Å²) in [6, 6.07) is 12.7. The van der Waals surface area contributed by atoms with E-state index in [9.17, 15) is 9.59 Å². The van der Waals surface area contributed by atoms with Crippen LogP contribution in [-0.4, -0.2) is 13.0 Å². The Balaban J connectivity index is 1.77. The summed E-state index contributed by atoms with van der Waals surface area (Å²) in [5, 5.41) is 3.66. The molecule has 5 nitrogen and oxygen atoms in total. The van der Waals surface area contributed by atoms with Crippen LogP contribution < -0.4 is 15.7 Å². The van der Waals surface area contributed by atoms with E-state index in [2.05, 4.69) is 21.2 Å². The molecular formula is C20H18BrNO4. The predicted molar refractivity (Wildman–Crippen MR) is 105 cm³/mol. The highest BCUT2D eigenvalue weighted by atomic mass is 79.9. The van der Waals surface area contributed by atoms with Crippen molar-refractivity contribution in [3.05, 3.63) is 68.5 Å². The number of amides is 1. The molecule has 1 N–H and O–H groups in total. The van der Waals surface area contributed by atoms with Gasteiger partial charge in [-0.1, -0.05) is 15.9 Å². The summed E-state index contributed by atoms with van der Waals surface area (Å²) in [6.07, 6.45) is 0.516. The van der Waals surface area contributed by atoms with Gasteiger partial charge in [-0.3, -0.25) is 4.79 Å². The molecule has 1 amide bonds. The molecule has 3 rings (SSSR count). The third-order valence-corrected chi connectivity index (χ3v) is 4.75. The SMILES string of the molecule is COc1ccc2c(C)c(CCC(=O)Nc3ccc(Br)cc3)c(=O)oc2c1. The van der Waals surface area contributed by atoms with Crippen molar-refractivity contribution in [2.45, 2.75) is 19.8 Å². The molecular weight excluding hydrogens is 398 g/mol.